The highest BCUT2D eigenvalue weighted by Crippen LogP contribution is 2.14. The van der Waals surface area contributed by atoms with Crippen LogP contribution in [-0.2, 0) is 8.85 Å². The number of nitrogens with zero attached hydrogens (tertiary/aromatic N) is 3. The van der Waals surface area contributed by atoms with Gasteiger partial charge in [0.05, 0.1) is 0 Å². The van der Waals surface area contributed by atoms with Crippen LogP contribution < -0.4 is 0 Å². The fraction of sp³-hybridized carbons (Fsp3) is 1.00. The summed E-state index contributed by atoms with van der Waals surface area (Å²) in [4.78, 5) is 7.42. The Balaban J connectivity index is 4.24. The zero-order valence-electron chi connectivity index (χ0n) is 17.4. The van der Waals surface area contributed by atoms with Gasteiger partial charge in [-0.25, -0.2) is 0 Å². The minimum Gasteiger partial charge on any atom is -0.398 e. The molecule has 0 aromatic heterocycles. The third kappa shape index (κ3) is 11.6. The fourth-order valence-electron chi connectivity index (χ4n) is 2.69. The van der Waals surface area contributed by atoms with E-state index in [0.29, 0.717) is 0 Å². The molecule has 0 aliphatic carbocycles. The third-order valence-corrected chi connectivity index (χ3v) is 8.07. The molecule has 0 aromatic rings. The third-order valence-electron chi connectivity index (χ3n) is 5.08. The summed E-state index contributed by atoms with van der Waals surface area (Å²) in [6, 6.07) is 1.07. The molecule has 0 atom stereocenters. The van der Waals surface area contributed by atoms with Gasteiger partial charge in [0.25, 0.3) is 0 Å². The van der Waals surface area contributed by atoms with Crippen LogP contribution in [-0.4, -0.2) is 97.4 Å². The molecule has 0 saturated heterocycles. The van der Waals surface area contributed by atoms with Gasteiger partial charge in [-0.3, -0.25) is 0 Å². The molecule has 6 heteroatoms. The van der Waals surface area contributed by atoms with E-state index in [0.717, 1.165) is 32.1 Å². The van der Waals surface area contributed by atoms with Gasteiger partial charge in [-0.1, -0.05) is 13.8 Å². The van der Waals surface area contributed by atoms with Gasteiger partial charge in [-0.2, -0.15) is 0 Å². The maximum absolute atomic E-state index is 5.61. The van der Waals surface area contributed by atoms with Gasteiger partial charge in [-0.05, 0) is 91.8 Å². The van der Waals surface area contributed by atoms with Crippen molar-refractivity contribution < 1.29 is 8.85 Å². The molecule has 0 aliphatic heterocycles. The van der Waals surface area contributed by atoms with E-state index in [1.807, 2.05) is 0 Å². The maximum Gasteiger partial charge on any atom is 0.334 e. The predicted molar refractivity (Wildman–Crippen MR) is 107 cm³/mol. The average Bonchev–Trinajstić information content (AvgIpc) is 2.60. The molecule has 0 bridgehead atoms. The van der Waals surface area contributed by atoms with Crippen molar-refractivity contribution in [1.29, 1.82) is 0 Å². The number of hydrogen-bond acceptors (Lipinski definition) is 5. The van der Waals surface area contributed by atoms with Gasteiger partial charge in [-0.15, -0.1) is 0 Å². The van der Waals surface area contributed by atoms with E-state index >= 15 is 0 Å². The SMILES string of the molecule is CCN(C)CCCN(CCCN(C)CC)CCC[Si](C)(OC)OC. The Morgan fingerprint density at radius 3 is 1.50 bits per heavy atom. The molecule has 5 nitrogen and oxygen atoms in total. The molecule has 0 saturated carbocycles. The van der Waals surface area contributed by atoms with E-state index in [1.165, 1.54) is 39.0 Å². The van der Waals surface area contributed by atoms with Crippen molar-refractivity contribution in [3.05, 3.63) is 0 Å². The summed E-state index contributed by atoms with van der Waals surface area (Å²) in [7, 11) is 6.06. The van der Waals surface area contributed by atoms with Gasteiger partial charge in [0.15, 0.2) is 0 Å². The molecule has 0 spiro atoms. The monoisotopic (exact) mass is 361 g/mol. The second-order valence-corrected chi connectivity index (χ2v) is 10.6. The molecular weight excluding hydrogens is 318 g/mol. The average molecular weight is 362 g/mol. The molecule has 0 heterocycles. The van der Waals surface area contributed by atoms with Crippen LogP contribution in [0.2, 0.25) is 12.6 Å². The van der Waals surface area contributed by atoms with Crippen molar-refractivity contribution in [2.45, 2.75) is 45.7 Å². The van der Waals surface area contributed by atoms with Crippen molar-refractivity contribution >= 4 is 8.56 Å². The Morgan fingerprint density at radius 2 is 1.12 bits per heavy atom. The molecule has 0 aromatic carbocycles. The summed E-state index contributed by atoms with van der Waals surface area (Å²) in [6.45, 7) is 14.8. The van der Waals surface area contributed by atoms with Crippen LogP contribution in [0.1, 0.15) is 33.1 Å². The standard InChI is InChI=1S/C18H43N3O2Si/c1-8-19(3)13-10-15-21(16-11-14-20(4)9-2)17-12-18-24(7,22-5)23-6/h8-18H2,1-7H3. The first-order valence-electron chi connectivity index (χ1n) is 9.60. The largest absolute Gasteiger partial charge is 0.398 e. The second kappa shape index (κ2) is 14.2. The summed E-state index contributed by atoms with van der Waals surface area (Å²) in [6.07, 6.45) is 3.66. The van der Waals surface area contributed by atoms with E-state index in [4.69, 9.17) is 8.85 Å². The predicted octanol–water partition coefficient (Wildman–Crippen LogP) is 2.73. The highest BCUT2D eigenvalue weighted by Gasteiger charge is 2.28. The lowest BCUT2D eigenvalue weighted by Crippen LogP contribution is -2.38. The molecular formula is C18H43N3O2Si. The zero-order chi connectivity index (χ0) is 18.4. The van der Waals surface area contributed by atoms with Crippen LogP contribution in [0.4, 0.5) is 0 Å². The lowest BCUT2D eigenvalue weighted by Gasteiger charge is -2.27. The fourth-order valence-corrected chi connectivity index (χ4v) is 4.07. The van der Waals surface area contributed by atoms with Crippen LogP contribution in [0.15, 0.2) is 0 Å². The Morgan fingerprint density at radius 1 is 0.708 bits per heavy atom. The molecule has 0 N–H and O–H groups in total. The topological polar surface area (TPSA) is 28.2 Å². The maximum atomic E-state index is 5.61. The smallest absolute Gasteiger partial charge is 0.334 e. The van der Waals surface area contributed by atoms with Crippen LogP contribution in [0.25, 0.3) is 0 Å². The van der Waals surface area contributed by atoms with Gasteiger partial charge in [0, 0.05) is 14.2 Å². The van der Waals surface area contributed by atoms with Crippen molar-refractivity contribution in [3.8, 4) is 0 Å². The highest BCUT2D eigenvalue weighted by molar-refractivity contribution is 6.65. The second-order valence-electron chi connectivity index (χ2n) is 6.99. The lowest BCUT2D eigenvalue weighted by atomic mass is 10.3. The highest BCUT2D eigenvalue weighted by atomic mass is 28.4. The van der Waals surface area contributed by atoms with E-state index in [9.17, 15) is 0 Å². The first-order chi connectivity index (χ1) is 11.4. The van der Waals surface area contributed by atoms with Crippen LogP contribution in [0.3, 0.4) is 0 Å². The normalized spacial score (nSPS) is 12.8. The lowest BCUT2D eigenvalue weighted by molar-refractivity contribution is 0.221. The van der Waals surface area contributed by atoms with Gasteiger partial charge >= 0.3 is 8.56 Å². The summed E-state index contributed by atoms with van der Waals surface area (Å²) >= 11 is 0. The minimum absolute atomic E-state index is 1.07. The Kier molecular flexibility index (Phi) is 14.2. The quantitative estimate of drug-likeness (QED) is 0.394. The van der Waals surface area contributed by atoms with Crippen molar-refractivity contribution in [1.82, 2.24) is 14.7 Å². The van der Waals surface area contributed by atoms with Gasteiger partial charge < -0.3 is 23.6 Å². The molecule has 0 rings (SSSR count). The Labute approximate surface area is 152 Å². The summed E-state index contributed by atoms with van der Waals surface area (Å²) in [5.74, 6) is 0. The first-order valence-corrected chi connectivity index (χ1v) is 12.1. The molecule has 146 valence electrons. The Hall–Kier alpha value is 0.0169. The van der Waals surface area contributed by atoms with Crippen LogP contribution >= 0.6 is 0 Å². The Bertz CT molecular complexity index is 275. The summed E-state index contributed by atoms with van der Waals surface area (Å²) in [5.41, 5.74) is 0. The molecule has 0 unspecified atom stereocenters. The van der Waals surface area contributed by atoms with Crippen LogP contribution in [0, 0.1) is 0 Å². The molecule has 0 aliphatic rings. The van der Waals surface area contributed by atoms with E-state index in [2.05, 4.69) is 49.2 Å². The molecule has 0 fully saturated rings. The number of rotatable bonds is 16. The van der Waals surface area contributed by atoms with Gasteiger partial charge in [0.2, 0.25) is 0 Å². The summed E-state index contributed by atoms with van der Waals surface area (Å²) < 4.78 is 11.2. The summed E-state index contributed by atoms with van der Waals surface area (Å²) in [5, 5.41) is 0. The molecule has 0 amide bonds. The number of hydrogen-bond donors (Lipinski definition) is 0. The van der Waals surface area contributed by atoms with Crippen LogP contribution in [0.5, 0.6) is 0 Å². The van der Waals surface area contributed by atoms with Crippen molar-refractivity contribution in [2.24, 2.45) is 0 Å². The minimum atomic E-state index is -1.92. The first kappa shape index (κ1) is 24.0. The van der Waals surface area contributed by atoms with E-state index < -0.39 is 8.56 Å². The van der Waals surface area contributed by atoms with E-state index in [1.54, 1.807) is 14.2 Å². The van der Waals surface area contributed by atoms with E-state index in [-0.39, 0.29) is 0 Å². The molecule has 24 heavy (non-hydrogen) atoms. The van der Waals surface area contributed by atoms with Crippen molar-refractivity contribution in [3.63, 3.8) is 0 Å². The van der Waals surface area contributed by atoms with Gasteiger partial charge in [0.1, 0.15) is 0 Å². The molecule has 0 radical (unpaired) electrons. The zero-order valence-corrected chi connectivity index (χ0v) is 18.4. The van der Waals surface area contributed by atoms with Crippen molar-refractivity contribution in [2.75, 3.05) is 74.1 Å².